The van der Waals surface area contributed by atoms with Crippen LogP contribution in [-0.2, 0) is 0 Å². The van der Waals surface area contributed by atoms with Gasteiger partial charge < -0.3 is 0 Å². The van der Waals surface area contributed by atoms with Crippen molar-refractivity contribution in [3.8, 4) is 0 Å². The molecule has 0 unspecified atom stereocenters. The smallest absolute Gasteiger partial charge is 0.00668 e. The van der Waals surface area contributed by atoms with E-state index in [1.54, 1.807) is 0 Å². The Kier molecular flexibility index (Phi) is 3.09. The highest BCUT2D eigenvalue weighted by molar-refractivity contribution is 7.80. The first-order chi connectivity index (χ1) is 4.75. The van der Waals surface area contributed by atoms with Crippen molar-refractivity contribution in [2.24, 2.45) is 17.8 Å². The highest BCUT2D eigenvalue weighted by Gasteiger charge is 2.27. The highest BCUT2D eigenvalue weighted by Crippen LogP contribution is 2.37. The molecule has 0 heterocycles. The van der Waals surface area contributed by atoms with Crippen LogP contribution in [-0.4, -0.2) is 5.75 Å². The van der Waals surface area contributed by atoms with Gasteiger partial charge in [-0.1, -0.05) is 20.3 Å². The zero-order chi connectivity index (χ0) is 7.56. The molecule has 1 heteroatoms. The molecule has 1 aliphatic rings. The van der Waals surface area contributed by atoms with E-state index in [0.29, 0.717) is 0 Å². The van der Waals surface area contributed by atoms with Crippen molar-refractivity contribution in [2.75, 3.05) is 5.75 Å². The Balaban J connectivity index is 2.42. The van der Waals surface area contributed by atoms with Gasteiger partial charge >= 0.3 is 0 Å². The van der Waals surface area contributed by atoms with Crippen LogP contribution in [0.1, 0.15) is 33.1 Å². The lowest BCUT2D eigenvalue weighted by Crippen LogP contribution is -2.15. The summed E-state index contributed by atoms with van der Waals surface area (Å²) in [5.74, 6) is 3.86. The predicted octanol–water partition coefficient (Wildman–Crippen LogP) is 2.99. The maximum absolute atomic E-state index is 4.37. The van der Waals surface area contributed by atoms with E-state index in [9.17, 15) is 0 Å². The van der Waals surface area contributed by atoms with Gasteiger partial charge in [-0.05, 0) is 36.3 Å². The van der Waals surface area contributed by atoms with Gasteiger partial charge in [0.15, 0.2) is 0 Å². The number of hydrogen-bond donors (Lipinski definition) is 1. The highest BCUT2D eigenvalue weighted by atomic mass is 32.1. The van der Waals surface area contributed by atoms with Crippen molar-refractivity contribution in [2.45, 2.75) is 33.1 Å². The average Bonchev–Trinajstić information content (AvgIpc) is 2.33. The fourth-order valence-electron chi connectivity index (χ4n) is 2.17. The molecule has 10 heavy (non-hydrogen) atoms. The van der Waals surface area contributed by atoms with Gasteiger partial charge in [-0.15, -0.1) is 0 Å². The topological polar surface area (TPSA) is 0 Å². The number of rotatable bonds is 2. The Morgan fingerprint density at radius 3 is 2.50 bits per heavy atom. The van der Waals surface area contributed by atoms with Gasteiger partial charge in [-0.25, -0.2) is 0 Å². The second-order valence-corrected chi connectivity index (χ2v) is 4.15. The third-order valence-electron chi connectivity index (χ3n) is 2.81. The molecule has 0 spiro atoms. The zero-order valence-corrected chi connectivity index (χ0v) is 7.90. The molecule has 0 nitrogen and oxygen atoms in total. The van der Waals surface area contributed by atoms with Gasteiger partial charge in [0.2, 0.25) is 0 Å². The van der Waals surface area contributed by atoms with Crippen molar-refractivity contribution in [1.29, 1.82) is 0 Å². The normalized spacial score (nSPS) is 33.6. The van der Waals surface area contributed by atoms with Crippen LogP contribution in [0.5, 0.6) is 0 Å². The summed E-state index contributed by atoms with van der Waals surface area (Å²) in [6, 6.07) is 0. The van der Waals surface area contributed by atoms with Crippen LogP contribution < -0.4 is 0 Å². The van der Waals surface area contributed by atoms with E-state index in [-0.39, 0.29) is 0 Å². The van der Waals surface area contributed by atoms with Crippen LogP contribution in [0.3, 0.4) is 0 Å². The van der Waals surface area contributed by atoms with Gasteiger partial charge in [0, 0.05) is 0 Å². The summed E-state index contributed by atoms with van der Waals surface area (Å²) in [4.78, 5) is 0. The van der Waals surface area contributed by atoms with Crippen LogP contribution in [0, 0.1) is 17.8 Å². The first-order valence-electron chi connectivity index (χ1n) is 4.36. The Bertz CT molecular complexity index is 98.9. The fourth-order valence-corrected chi connectivity index (χ4v) is 2.62. The van der Waals surface area contributed by atoms with Gasteiger partial charge in [-0.2, -0.15) is 12.6 Å². The van der Waals surface area contributed by atoms with Gasteiger partial charge in [0.05, 0.1) is 0 Å². The lowest BCUT2D eigenvalue weighted by atomic mass is 9.87. The summed E-state index contributed by atoms with van der Waals surface area (Å²) in [7, 11) is 0. The summed E-state index contributed by atoms with van der Waals surface area (Å²) >= 11 is 4.37. The van der Waals surface area contributed by atoms with Crippen LogP contribution in [0.2, 0.25) is 0 Å². The Morgan fingerprint density at radius 1 is 1.40 bits per heavy atom. The van der Waals surface area contributed by atoms with Crippen molar-refractivity contribution >= 4 is 12.6 Å². The lowest BCUT2D eigenvalue weighted by molar-refractivity contribution is 0.319. The van der Waals surface area contributed by atoms with Crippen molar-refractivity contribution in [1.82, 2.24) is 0 Å². The minimum absolute atomic E-state index is 0.875. The van der Waals surface area contributed by atoms with Crippen LogP contribution >= 0.6 is 12.6 Å². The molecule has 0 saturated heterocycles. The summed E-state index contributed by atoms with van der Waals surface area (Å²) in [5.41, 5.74) is 0. The second kappa shape index (κ2) is 3.66. The third kappa shape index (κ3) is 1.69. The second-order valence-electron chi connectivity index (χ2n) is 3.78. The van der Waals surface area contributed by atoms with E-state index in [4.69, 9.17) is 0 Å². The SMILES string of the molecule is CC(C)[C@@H]1CCC[C@H]1CS. The minimum Gasteiger partial charge on any atom is -0.179 e. The molecule has 0 radical (unpaired) electrons. The monoisotopic (exact) mass is 158 g/mol. The largest absolute Gasteiger partial charge is 0.179 e. The van der Waals surface area contributed by atoms with Gasteiger partial charge in [0.25, 0.3) is 0 Å². The predicted molar refractivity (Wildman–Crippen MR) is 49.5 cm³/mol. The molecular formula is C9H18S. The Labute approximate surface area is 69.8 Å². The number of hydrogen-bond acceptors (Lipinski definition) is 1. The quantitative estimate of drug-likeness (QED) is 0.587. The molecule has 0 bridgehead atoms. The minimum atomic E-state index is 0.875. The maximum Gasteiger partial charge on any atom is -0.00668 e. The van der Waals surface area contributed by atoms with E-state index < -0.39 is 0 Å². The molecule has 1 rings (SSSR count). The first kappa shape index (κ1) is 8.45. The molecular weight excluding hydrogens is 140 g/mol. The van der Waals surface area contributed by atoms with Gasteiger partial charge in [-0.3, -0.25) is 0 Å². The maximum atomic E-state index is 4.37. The van der Waals surface area contributed by atoms with E-state index >= 15 is 0 Å². The zero-order valence-electron chi connectivity index (χ0n) is 7.01. The molecule has 0 aromatic carbocycles. The number of thiol groups is 1. The fraction of sp³-hybridized carbons (Fsp3) is 1.00. The molecule has 1 fully saturated rings. The summed E-state index contributed by atoms with van der Waals surface area (Å²) in [6.45, 7) is 4.68. The molecule has 0 aromatic heterocycles. The van der Waals surface area contributed by atoms with Crippen LogP contribution in [0.4, 0.5) is 0 Å². The standard InChI is InChI=1S/C9H18S/c1-7(2)9-5-3-4-8(9)6-10/h7-10H,3-6H2,1-2H3/t8-,9-/m0/s1. The van der Waals surface area contributed by atoms with Crippen molar-refractivity contribution in [3.05, 3.63) is 0 Å². The van der Waals surface area contributed by atoms with Gasteiger partial charge in [0.1, 0.15) is 0 Å². The third-order valence-corrected chi connectivity index (χ3v) is 3.28. The van der Waals surface area contributed by atoms with Crippen molar-refractivity contribution in [3.63, 3.8) is 0 Å². The molecule has 60 valence electrons. The summed E-state index contributed by atoms with van der Waals surface area (Å²) < 4.78 is 0. The molecule has 0 N–H and O–H groups in total. The Morgan fingerprint density at radius 2 is 2.10 bits per heavy atom. The van der Waals surface area contributed by atoms with E-state index in [0.717, 1.165) is 23.5 Å². The van der Waals surface area contributed by atoms with E-state index in [2.05, 4.69) is 26.5 Å². The molecule has 2 atom stereocenters. The Hall–Kier alpha value is 0.350. The molecule has 0 amide bonds. The molecule has 0 aromatic rings. The van der Waals surface area contributed by atoms with Crippen molar-refractivity contribution < 1.29 is 0 Å². The van der Waals surface area contributed by atoms with Crippen LogP contribution in [0.15, 0.2) is 0 Å². The van der Waals surface area contributed by atoms with E-state index in [1.807, 2.05) is 0 Å². The average molecular weight is 158 g/mol. The van der Waals surface area contributed by atoms with Crippen LogP contribution in [0.25, 0.3) is 0 Å². The summed E-state index contributed by atoms with van der Waals surface area (Å²) in [6.07, 6.45) is 4.31. The summed E-state index contributed by atoms with van der Waals surface area (Å²) in [5, 5.41) is 0. The molecule has 1 aliphatic carbocycles. The first-order valence-corrected chi connectivity index (χ1v) is 4.99. The lowest BCUT2D eigenvalue weighted by Gasteiger charge is -2.20. The van der Waals surface area contributed by atoms with E-state index in [1.165, 1.54) is 19.3 Å². The molecule has 0 aliphatic heterocycles. The molecule has 1 saturated carbocycles.